The fourth-order valence-corrected chi connectivity index (χ4v) is 2.63. The summed E-state index contributed by atoms with van der Waals surface area (Å²) in [6.07, 6.45) is 0. The van der Waals surface area contributed by atoms with Gasteiger partial charge in [-0.2, -0.15) is 0 Å². The summed E-state index contributed by atoms with van der Waals surface area (Å²) < 4.78 is 0. The summed E-state index contributed by atoms with van der Waals surface area (Å²) in [6.45, 7) is 5.98. The van der Waals surface area contributed by atoms with Crippen LogP contribution in [0.4, 0.5) is 0 Å². The Hall–Kier alpha value is -2.02. The van der Waals surface area contributed by atoms with E-state index in [0.29, 0.717) is 17.9 Å². The van der Waals surface area contributed by atoms with E-state index in [2.05, 4.69) is 10.6 Å². The highest BCUT2D eigenvalue weighted by Gasteiger charge is 2.24. The van der Waals surface area contributed by atoms with Gasteiger partial charge in [-0.25, -0.2) is 0 Å². The number of carboxylic acids is 1. The van der Waals surface area contributed by atoms with E-state index in [1.165, 1.54) is 11.8 Å². The van der Waals surface area contributed by atoms with Crippen LogP contribution in [0.15, 0.2) is 24.3 Å². The zero-order valence-electron chi connectivity index (χ0n) is 14.2. The number of benzene rings is 1. The van der Waals surface area contributed by atoms with E-state index < -0.39 is 12.0 Å². The molecule has 7 heteroatoms. The second kappa shape index (κ2) is 9.97. The van der Waals surface area contributed by atoms with Crippen LogP contribution in [0.1, 0.15) is 29.8 Å². The van der Waals surface area contributed by atoms with Crippen molar-refractivity contribution in [3.05, 3.63) is 35.4 Å². The van der Waals surface area contributed by atoms with Crippen molar-refractivity contribution in [2.24, 2.45) is 5.92 Å². The van der Waals surface area contributed by atoms with Gasteiger partial charge in [0.25, 0.3) is 5.91 Å². The van der Waals surface area contributed by atoms with Crippen molar-refractivity contribution in [1.82, 2.24) is 10.6 Å². The number of thioether (sulfide) groups is 1. The van der Waals surface area contributed by atoms with Gasteiger partial charge >= 0.3 is 5.97 Å². The first kappa shape index (κ1) is 20.0. The average Bonchev–Trinajstić information content (AvgIpc) is 2.51. The molecule has 0 bridgehead atoms. The smallest absolute Gasteiger partial charge is 0.313 e. The Balaban J connectivity index is 2.55. The summed E-state index contributed by atoms with van der Waals surface area (Å²) in [6, 6.07) is 6.54. The first-order chi connectivity index (χ1) is 11.3. The highest BCUT2D eigenvalue weighted by molar-refractivity contribution is 7.99. The van der Waals surface area contributed by atoms with E-state index in [0.717, 1.165) is 5.56 Å². The minimum absolute atomic E-state index is 0.00751. The standard InChI is InChI=1S/C17H24N2O4S/c1-11(2)15(17(23)18-7-8-24-10-14(20)21)19-16(22)13-6-4-5-12(3)9-13/h4-6,9,11,15H,7-8,10H2,1-3H3,(H,18,23)(H,19,22)(H,20,21). The SMILES string of the molecule is Cc1cccc(C(=O)NC(C(=O)NCCSCC(=O)O)C(C)C)c1. The van der Waals surface area contributed by atoms with Gasteiger partial charge in [-0.15, -0.1) is 11.8 Å². The fourth-order valence-electron chi connectivity index (χ4n) is 2.06. The van der Waals surface area contributed by atoms with Crippen LogP contribution >= 0.6 is 11.8 Å². The molecule has 0 aromatic heterocycles. The summed E-state index contributed by atoms with van der Waals surface area (Å²) in [5.74, 6) is -0.973. The normalized spacial score (nSPS) is 11.8. The molecule has 1 aromatic carbocycles. The third-order valence-electron chi connectivity index (χ3n) is 3.29. The number of carbonyl (C=O) groups is 3. The van der Waals surface area contributed by atoms with Gasteiger partial charge in [0.05, 0.1) is 5.75 Å². The lowest BCUT2D eigenvalue weighted by Gasteiger charge is -2.21. The van der Waals surface area contributed by atoms with Crippen LogP contribution in [-0.2, 0) is 9.59 Å². The minimum Gasteiger partial charge on any atom is -0.481 e. The summed E-state index contributed by atoms with van der Waals surface area (Å²) in [7, 11) is 0. The minimum atomic E-state index is -0.878. The third-order valence-corrected chi connectivity index (χ3v) is 4.23. The van der Waals surface area contributed by atoms with Crippen molar-refractivity contribution in [2.45, 2.75) is 26.8 Å². The zero-order valence-corrected chi connectivity index (χ0v) is 15.0. The fraction of sp³-hybridized carbons (Fsp3) is 0.471. The molecule has 0 saturated heterocycles. The Morgan fingerprint density at radius 3 is 2.54 bits per heavy atom. The molecule has 3 N–H and O–H groups in total. The molecule has 1 aromatic rings. The van der Waals surface area contributed by atoms with Crippen LogP contribution in [-0.4, -0.2) is 47.0 Å². The van der Waals surface area contributed by atoms with Gasteiger partial charge in [-0.1, -0.05) is 31.5 Å². The van der Waals surface area contributed by atoms with Crippen LogP contribution in [0.2, 0.25) is 0 Å². The summed E-state index contributed by atoms with van der Waals surface area (Å²) in [5.41, 5.74) is 1.49. The summed E-state index contributed by atoms with van der Waals surface area (Å²) in [4.78, 5) is 35.0. The highest BCUT2D eigenvalue weighted by atomic mass is 32.2. The van der Waals surface area contributed by atoms with Crippen LogP contribution < -0.4 is 10.6 Å². The molecule has 0 heterocycles. The Labute approximate surface area is 146 Å². The predicted octanol–water partition coefficient (Wildman–Crippen LogP) is 1.68. The molecule has 0 aliphatic carbocycles. The predicted molar refractivity (Wildman–Crippen MR) is 95.2 cm³/mol. The maximum atomic E-state index is 12.3. The van der Waals surface area contributed by atoms with Crippen LogP contribution in [0.5, 0.6) is 0 Å². The average molecular weight is 352 g/mol. The van der Waals surface area contributed by atoms with Crippen molar-refractivity contribution in [3.8, 4) is 0 Å². The van der Waals surface area contributed by atoms with Gasteiger partial charge in [0.2, 0.25) is 5.91 Å². The van der Waals surface area contributed by atoms with Crippen LogP contribution in [0, 0.1) is 12.8 Å². The van der Waals surface area contributed by atoms with Gasteiger partial charge in [-0.05, 0) is 25.0 Å². The van der Waals surface area contributed by atoms with Crippen molar-refractivity contribution in [3.63, 3.8) is 0 Å². The lowest BCUT2D eigenvalue weighted by Crippen LogP contribution is -2.50. The van der Waals surface area contributed by atoms with E-state index >= 15 is 0 Å². The first-order valence-corrected chi connectivity index (χ1v) is 8.91. The van der Waals surface area contributed by atoms with E-state index in [1.807, 2.05) is 26.8 Å². The maximum Gasteiger partial charge on any atom is 0.313 e. The van der Waals surface area contributed by atoms with Gasteiger partial charge in [0.15, 0.2) is 0 Å². The molecule has 0 saturated carbocycles. The Bertz CT molecular complexity index is 590. The number of carbonyl (C=O) groups excluding carboxylic acids is 2. The highest BCUT2D eigenvalue weighted by Crippen LogP contribution is 2.07. The number of hydrogen-bond donors (Lipinski definition) is 3. The number of aryl methyl sites for hydroxylation is 1. The molecule has 132 valence electrons. The van der Waals surface area contributed by atoms with Crippen molar-refractivity contribution < 1.29 is 19.5 Å². The molecule has 0 aliphatic heterocycles. The number of aliphatic carboxylic acids is 1. The van der Waals surface area contributed by atoms with E-state index in [1.54, 1.807) is 18.2 Å². The third kappa shape index (κ3) is 7.04. The van der Waals surface area contributed by atoms with E-state index in [9.17, 15) is 14.4 Å². The number of rotatable bonds is 9. The molecule has 0 spiro atoms. The molecule has 1 rings (SSSR count). The van der Waals surface area contributed by atoms with Crippen molar-refractivity contribution >= 4 is 29.5 Å². The Morgan fingerprint density at radius 2 is 1.96 bits per heavy atom. The lowest BCUT2D eigenvalue weighted by atomic mass is 10.0. The second-order valence-electron chi connectivity index (χ2n) is 5.80. The number of hydrogen-bond acceptors (Lipinski definition) is 4. The summed E-state index contributed by atoms with van der Waals surface area (Å²) in [5, 5.41) is 14.1. The van der Waals surface area contributed by atoms with Crippen molar-refractivity contribution in [2.75, 3.05) is 18.1 Å². The number of carboxylic acid groups (broad SMARTS) is 1. The molecular weight excluding hydrogens is 328 g/mol. The van der Waals surface area contributed by atoms with Gasteiger partial charge < -0.3 is 15.7 Å². The molecule has 0 radical (unpaired) electrons. The number of amides is 2. The largest absolute Gasteiger partial charge is 0.481 e. The summed E-state index contributed by atoms with van der Waals surface area (Å²) >= 11 is 1.23. The molecule has 2 amide bonds. The quantitative estimate of drug-likeness (QED) is 0.588. The van der Waals surface area contributed by atoms with Crippen molar-refractivity contribution in [1.29, 1.82) is 0 Å². The molecule has 0 aliphatic rings. The van der Waals surface area contributed by atoms with Crippen LogP contribution in [0.25, 0.3) is 0 Å². The van der Waals surface area contributed by atoms with E-state index in [-0.39, 0.29) is 23.5 Å². The monoisotopic (exact) mass is 352 g/mol. The zero-order chi connectivity index (χ0) is 18.1. The second-order valence-corrected chi connectivity index (χ2v) is 6.91. The van der Waals surface area contributed by atoms with Gasteiger partial charge in [-0.3, -0.25) is 14.4 Å². The molecule has 1 unspecified atom stereocenters. The molecule has 0 fully saturated rings. The molecule has 24 heavy (non-hydrogen) atoms. The topological polar surface area (TPSA) is 95.5 Å². The maximum absolute atomic E-state index is 12.3. The molecule has 1 atom stereocenters. The molecular formula is C17H24N2O4S. The Morgan fingerprint density at radius 1 is 1.25 bits per heavy atom. The first-order valence-electron chi connectivity index (χ1n) is 7.76. The van der Waals surface area contributed by atoms with Crippen LogP contribution in [0.3, 0.4) is 0 Å². The van der Waals surface area contributed by atoms with Gasteiger partial charge in [0, 0.05) is 17.9 Å². The number of nitrogens with one attached hydrogen (secondary N) is 2. The molecule has 6 nitrogen and oxygen atoms in total. The van der Waals surface area contributed by atoms with Gasteiger partial charge in [0.1, 0.15) is 6.04 Å². The Kier molecular flexibility index (Phi) is 8.32. The van der Waals surface area contributed by atoms with E-state index in [4.69, 9.17) is 5.11 Å². The lowest BCUT2D eigenvalue weighted by molar-refractivity contribution is -0.133.